The summed E-state index contributed by atoms with van der Waals surface area (Å²) in [7, 11) is 0. The third-order valence-electron chi connectivity index (χ3n) is 3.13. The summed E-state index contributed by atoms with van der Waals surface area (Å²) in [6.45, 7) is 2.62. The van der Waals surface area contributed by atoms with E-state index in [0.29, 0.717) is 6.61 Å². The highest BCUT2D eigenvalue weighted by atomic mass is 16.5. The summed E-state index contributed by atoms with van der Waals surface area (Å²) in [5, 5.41) is 1.77. The second-order valence-corrected chi connectivity index (χ2v) is 4.28. The lowest BCUT2D eigenvalue weighted by Crippen LogP contribution is -2.24. The van der Waals surface area contributed by atoms with Crippen molar-refractivity contribution in [3.05, 3.63) is 45.9 Å². The summed E-state index contributed by atoms with van der Waals surface area (Å²) in [5.41, 5.74) is 2.17. The molecule has 1 N–H and O–H groups in total. The molecule has 1 aliphatic heterocycles. The van der Waals surface area contributed by atoms with Gasteiger partial charge in [0.05, 0.1) is 12.7 Å². The van der Waals surface area contributed by atoms with E-state index < -0.39 is 0 Å². The Balaban J connectivity index is 2.36. The van der Waals surface area contributed by atoms with Crippen molar-refractivity contribution in [3.63, 3.8) is 0 Å². The van der Waals surface area contributed by atoms with E-state index in [4.69, 9.17) is 4.74 Å². The predicted molar refractivity (Wildman–Crippen MR) is 62.5 cm³/mol. The maximum Gasteiger partial charge on any atom is 0.256 e. The van der Waals surface area contributed by atoms with Gasteiger partial charge in [0.15, 0.2) is 0 Å². The molecule has 0 spiro atoms. The Morgan fingerprint density at radius 2 is 2.06 bits per heavy atom. The molecule has 1 atom stereocenters. The molecule has 82 valence electrons. The predicted octanol–water partition coefficient (Wildman–Crippen LogP) is 1.99. The second kappa shape index (κ2) is 3.46. The molecule has 1 unspecified atom stereocenters. The van der Waals surface area contributed by atoms with Crippen molar-refractivity contribution in [3.8, 4) is 0 Å². The molecule has 0 aliphatic carbocycles. The SMILES string of the molecule is CC1Cc2[nH]c(=O)c3ccccc3c2CO1. The second-order valence-electron chi connectivity index (χ2n) is 4.28. The Morgan fingerprint density at radius 1 is 1.31 bits per heavy atom. The van der Waals surface area contributed by atoms with Gasteiger partial charge in [-0.2, -0.15) is 0 Å². The summed E-state index contributed by atoms with van der Waals surface area (Å²) >= 11 is 0. The van der Waals surface area contributed by atoms with Gasteiger partial charge in [-0.1, -0.05) is 18.2 Å². The standard InChI is InChI=1S/C13H13NO2/c1-8-6-12-11(7-16-8)9-4-2-3-5-10(9)13(15)14-12/h2-5,8H,6-7H2,1H3,(H,14,15). The normalized spacial score (nSPS) is 19.7. The topological polar surface area (TPSA) is 42.1 Å². The Kier molecular flexibility index (Phi) is 2.07. The average molecular weight is 215 g/mol. The molecular weight excluding hydrogens is 202 g/mol. The van der Waals surface area contributed by atoms with Crippen molar-refractivity contribution in [1.29, 1.82) is 0 Å². The number of rotatable bonds is 0. The highest BCUT2D eigenvalue weighted by Gasteiger charge is 2.19. The van der Waals surface area contributed by atoms with Crippen molar-refractivity contribution in [2.75, 3.05) is 0 Å². The summed E-state index contributed by atoms with van der Waals surface area (Å²) in [6, 6.07) is 7.69. The molecule has 0 amide bonds. The fraction of sp³-hybridized carbons (Fsp3) is 0.308. The van der Waals surface area contributed by atoms with E-state index in [1.54, 1.807) is 0 Å². The molecule has 2 aromatic rings. The summed E-state index contributed by atoms with van der Waals surface area (Å²) in [6.07, 6.45) is 0.972. The maximum absolute atomic E-state index is 11.9. The molecule has 2 heterocycles. The van der Waals surface area contributed by atoms with Gasteiger partial charge in [-0.05, 0) is 18.4 Å². The van der Waals surface area contributed by atoms with Crippen molar-refractivity contribution in [2.45, 2.75) is 26.1 Å². The number of aromatic nitrogens is 1. The zero-order valence-corrected chi connectivity index (χ0v) is 9.12. The summed E-state index contributed by atoms with van der Waals surface area (Å²) in [5.74, 6) is 0. The molecule has 16 heavy (non-hydrogen) atoms. The largest absolute Gasteiger partial charge is 0.373 e. The molecule has 3 heteroatoms. The van der Waals surface area contributed by atoms with Crippen LogP contribution < -0.4 is 5.56 Å². The summed E-state index contributed by atoms with van der Waals surface area (Å²) in [4.78, 5) is 14.8. The number of benzene rings is 1. The van der Waals surface area contributed by atoms with Gasteiger partial charge in [0.25, 0.3) is 5.56 Å². The highest BCUT2D eigenvalue weighted by Crippen LogP contribution is 2.24. The van der Waals surface area contributed by atoms with Crippen LogP contribution in [0.25, 0.3) is 10.8 Å². The minimum atomic E-state index is 0.00319. The Hall–Kier alpha value is -1.61. The van der Waals surface area contributed by atoms with E-state index in [1.165, 1.54) is 0 Å². The van der Waals surface area contributed by atoms with Crippen LogP contribution in [0.5, 0.6) is 0 Å². The smallest absolute Gasteiger partial charge is 0.256 e. The molecule has 0 saturated heterocycles. The van der Waals surface area contributed by atoms with Gasteiger partial charge in [0, 0.05) is 23.1 Å². The van der Waals surface area contributed by atoms with Crippen LogP contribution in [0.2, 0.25) is 0 Å². The fourth-order valence-electron chi connectivity index (χ4n) is 2.30. The average Bonchev–Trinajstić information content (AvgIpc) is 2.29. The van der Waals surface area contributed by atoms with Crippen molar-refractivity contribution in [2.24, 2.45) is 0 Å². The van der Waals surface area contributed by atoms with E-state index in [9.17, 15) is 4.79 Å². The number of H-pyrrole nitrogens is 1. The number of ether oxygens (including phenoxy) is 1. The van der Waals surface area contributed by atoms with Crippen molar-refractivity contribution >= 4 is 10.8 Å². The van der Waals surface area contributed by atoms with Crippen LogP contribution in [-0.4, -0.2) is 11.1 Å². The van der Waals surface area contributed by atoms with E-state index >= 15 is 0 Å². The van der Waals surface area contributed by atoms with Gasteiger partial charge in [-0.15, -0.1) is 0 Å². The van der Waals surface area contributed by atoms with E-state index in [2.05, 4.69) is 4.98 Å². The van der Waals surface area contributed by atoms with Crippen LogP contribution >= 0.6 is 0 Å². The zero-order valence-electron chi connectivity index (χ0n) is 9.12. The lowest BCUT2D eigenvalue weighted by Gasteiger charge is -2.23. The number of pyridine rings is 1. The fourth-order valence-corrected chi connectivity index (χ4v) is 2.30. The van der Waals surface area contributed by atoms with Gasteiger partial charge in [-0.25, -0.2) is 0 Å². The third-order valence-corrected chi connectivity index (χ3v) is 3.13. The van der Waals surface area contributed by atoms with E-state index in [-0.39, 0.29) is 11.7 Å². The Labute approximate surface area is 93.1 Å². The quantitative estimate of drug-likeness (QED) is 0.730. The molecule has 1 aromatic heterocycles. The first-order chi connectivity index (χ1) is 7.75. The van der Waals surface area contributed by atoms with Crippen LogP contribution in [0.1, 0.15) is 18.2 Å². The van der Waals surface area contributed by atoms with Crippen LogP contribution in [0, 0.1) is 0 Å². The Bertz CT molecular complexity index is 600. The molecule has 3 rings (SSSR count). The Morgan fingerprint density at radius 3 is 2.88 bits per heavy atom. The minimum Gasteiger partial charge on any atom is -0.373 e. The monoisotopic (exact) mass is 215 g/mol. The number of hydrogen-bond donors (Lipinski definition) is 1. The zero-order chi connectivity index (χ0) is 11.1. The maximum atomic E-state index is 11.9. The molecule has 3 nitrogen and oxygen atoms in total. The number of fused-ring (bicyclic) bond motifs is 3. The first kappa shape index (κ1) is 9.60. The van der Waals surface area contributed by atoms with Gasteiger partial charge in [-0.3, -0.25) is 4.79 Å². The van der Waals surface area contributed by atoms with Gasteiger partial charge in [0.2, 0.25) is 0 Å². The van der Waals surface area contributed by atoms with Crippen LogP contribution in [0.15, 0.2) is 29.1 Å². The van der Waals surface area contributed by atoms with Gasteiger partial charge < -0.3 is 9.72 Å². The van der Waals surface area contributed by atoms with Crippen LogP contribution in [-0.2, 0) is 17.8 Å². The van der Waals surface area contributed by atoms with Crippen LogP contribution in [0.4, 0.5) is 0 Å². The molecule has 0 bridgehead atoms. The van der Waals surface area contributed by atoms with E-state index in [1.807, 2.05) is 31.2 Å². The molecule has 0 fully saturated rings. The molecular formula is C13H13NO2. The number of aromatic amines is 1. The third kappa shape index (κ3) is 1.36. The number of nitrogens with one attached hydrogen (secondary N) is 1. The first-order valence-corrected chi connectivity index (χ1v) is 5.50. The summed E-state index contributed by atoms with van der Waals surface area (Å²) < 4.78 is 5.63. The van der Waals surface area contributed by atoms with Crippen molar-refractivity contribution in [1.82, 2.24) is 4.98 Å². The highest BCUT2D eigenvalue weighted by molar-refractivity contribution is 5.85. The van der Waals surface area contributed by atoms with Crippen LogP contribution in [0.3, 0.4) is 0 Å². The molecule has 0 saturated carbocycles. The van der Waals surface area contributed by atoms with Gasteiger partial charge in [0.1, 0.15) is 0 Å². The van der Waals surface area contributed by atoms with Gasteiger partial charge >= 0.3 is 0 Å². The first-order valence-electron chi connectivity index (χ1n) is 5.50. The lowest BCUT2D eigenvalue weighted by molar-refractivity contribution is 0.0405. The van der Waals surface area contributed by atoms with E-state index in [0.717, 1.165) is 28.5 Å². The van der Waals surface area contributed by atoms with Crippen molar-refractivity contribution < 1.29 is 4.74 Å². The number of hydrogen-bond acceptors (Lipinski definition) is 2. The molecule has 1 aliphatic rings. The molecule has 0 radical (unpaired) electrons. The minimum absolute atomic E-state index is 0.00319. The lowest BCUT2D eigenvalue weighted by atomic mass is 10.00. The molecule has 1 aromatic carbocycles.